The van der Waals surface area contributed by atoms with Crippen molar-refractivity contribution in [3.63, 3.8) is 0 Å². The SMILES string of the molecule is Nc1ccn(C2=CC=CCC2)n1. The molecule has 0 aromatic carbocycles. The van der Waals surface area contributed by atoms with Crippen LogP contribution in [0.25, 0.3) is 5.70 Å². The van der Waals surface area contributed by atoms with E-state index in [-0.39, 0.29) is 0 Å². The van der Waals surface area contributed by atoms with Crippen molar-refractivity contribution in [2.45, 2.75) is 12.8 Å². The number of nitrogens with two attached hydrogens (primary N) is 1. The van der Waals surface area contributed by atoms with E-state index in [1.165, 1.54) is 5.70 Å². The van der Waals surface area contributed by atoms with Gasteiger partial charge in [-0.2, -0.15) is 5.10 Å². The number of hydrogen-bond acceptors (Lipinski definition) is 2. The van der Waals surface area contributed by atoms with E-state index < -0.39 is 0 Å². The van der Waals surface area contributed by atoms with Crippen LogP contribution in [-0.4, -0.2) is 9.78 Å². The fraction of sp³-hybridized carbons (Fsp3) is 0.222. The van der Waals surface area contributed by atoms with Crippen LogP contribution in [0.3, 0.4) is 0 Å². The molecule has 0 atom stereocenters. The number of nitrogen functional groups attached to an aromatic ring is 1. The van der Waals surface area contributed by atoms with Crippen molar-refractivity contribution in [1.82, 2.24) is 9.78 Å². The highest BCUT2D eigenvalue weighted by Gasteiger charge is 2.02. The molecular weight excluding hydrogens is 150 g/mol. The number of anilines is 1. The molecule has 0 saturated carbocycles. The summed E-state index contributed by atoms with van der Waals surface area (Å²) in [6.45, 7) is 0. The summed E-state index contributed by atoms with van der Waals surface area (Å²) in [7, 11) is 0. The Morgan fingerprint density at radius 3 is 3.00 bits per heavy atom. The summed E-state index contributed by atoms with van der Waals surface area (Å²) >= 11 is 0. The van der Waals surface area contributed by atoms with Crippen molar-refractivity contribution >= 4 is 11.5 Å². The van der Waals surface area contributed by atoms with E-state index in [9.17, 15) is 0 Å². The molecule has 0 saturated heterocycles. The largest absolute Gasteiger partial charge is 0.382 e. The molecule has 0 bridgehead atoms. The summed E-state index contributed by atoms with van der Waals surface area (Å²) in [4.78, 5) is 0. The Kier molecular flexibility index (Phi) is 1.70. The van der Waals surface area contributed by atoms with Gasteiger partial charge in [0.05, 0.1) is 0 Å². The van der Waals surface area contributed by atoms with E-state index in [4.69, 9.17) is 5.73 Å². The first-order chi connectivity index (χ1) is 5.86. The molecule has 0 radical (unpaired) electrons. The molecule has 12 heavy (non-hydrogen) atoms. The summed E-state index contributed by atoms with van der Waals surface area (Å²) in [5.74, 6) is 0.574. The molecule has 1 heterocycles. The molecule has 1 aliphatic rings. The highest BCUT2D eigenvalue weighted by molar-refractivity contribution is 5.50. The Morgan fingerprint density at radius 2 is 2.42 bits per heavy atom. The molecule has 2 rings (SSSR count). The monoisotopic (exact) mass is 161 g/mol. The molecule has 0 spiro atoms. The minimum Gasteiger partial charge on any atom is -0.382 e. The maximum absolute atomic E-state index is 5.51. The van der Waals surface area contributed by atoms with Crippen LogP contribution >= 0.6 is 0 Å². The molecule has 1 aromatic rings. The van der Waals surface area contributed by atoms with Gasteiger partial charge in [0.1, 0.15) is 5.82 Å². The Balaban J connectivity index is 2.30. The maximum atomic E-state index is 5.51. The lowest BCUT2D eigenvalue weighted by molar-refractivity contribution is 0.842. The van der Waals surface area contributed by atoms with E-state index in [1.807, 2.05) is 10.9 Å². The van der Waals surface area contributed by atoms with Crippen LogP contribution in [0.5, 0.6) is 0 Å². The fourth-order valence-corrected chi connectivity index (χ4v) is 1.28. The zero-order chi connectivity index (χ0) is 8.39. The average molecular weight is 161 g/mol. The van der Waals surface area contributed by atoms with Crippen molar-refractivity contribution in [3.05, 3.63) is 30.5 Å². The lowest BCUT2D eigenvalue weighted by Crippen LogP contribution is -2.00. The predicted molar refractivity (Wildman–Crippen MR) is 49.3 cm³/mol. The Morgan fingerprint density at radius 1 is 1.50 bits per heavy atom. The highest BCUT2D eigenvalue weighted by atomic mass is 15.3. The van der Waals surface area contributed by atoms with Gasteiger partial charge in [0.15, 0.2) is 0 Å². The number of hydrogen-bond donors (Lipinski definition) is 1. The third-order valence-electron chi connectivity index (χ3n) is 1.90. The maximum Gasteiger partial charge on any atom is 0.145 e. The third-order valence-corrected chi connectivity index (χ3v) is 1.90. The molecule has 1 aliphatic carbocycles. The predicted octanol–water partition coefficient (Wildman–Crippen LogP) is 1.66. The molecular formula is C9H11N3. The fourth-order valence-electron chi connectivity index (χ4n) is 1.28. The minimum atomic E-state index is 0.574. The quantitative estimate of drug-likeness (QED) is 0.680. The first kappa shape index (κ1) is 7.16. The van der Waals surface area contributed by atoms with Crippen molar-refractivity contribution in [2.24, 2.45) is 0 Å². The van der Waals surface area contributed by atoms with Crippen molar-refractivity contribution in [2.75, 3.05) is 5.73 Å². The summed E-state index contributed by atoms with van der Waals surface area (Å²) in [5.41, 5.74) is 6.71. The van der Waals surface area contributed by atoms with Gasteiger partial charge < -0.3 is 5.73 Å². The number of allylic oxidation sites excluding steroid dienone is 4. The highest BCUT2D eigenvalue weighted by Crippen LogP contribution is 2.16. The standard InChI is InChI=1S/C9H11N3/c10-9-6-7-12(11-9)8-4-2-1-3-5-8/h1-2,4,6-7H,3,5H2,(H2,10,11). The van der Waals surface area contributed by atoms with Crippen LogP contribution in [0.1, 0.15) is 12.8 Å². The number of rotatable bonds is 1. The summed E-state index contributed by atoms with van der Waals surface area (Å²) in [5, 5.41) is 4.13. The van der Waals surface area contributed by atoms with E-state index in [0.717, 1.165) is 12.8 Å². The molecule has 62 valence electrons. The summed E-state index contributed by atoms with van der Waals surface area (Å²) in [6, 6.07) is 1.80. The molecule has 3 nitrogen and oxygen atoms in total. The minimum absolute atomic E-state index is 0.574. The van der Waals surface area contributed by atoms with E-state index in [2.05, 4.69) is 23.3 Å². The van der Waals surface area contributed by atoms with Gasteiger partial charge in [-0.05, 0) is 18.9 Å². The Labute approximate surface area is 71.2 Å². The average Bonchev–Trinajstić information content (AvgIpc) is 2.54. The third kappa shape index (κ3) is 1.25. The van der Waals surface area contributed by atoms with Gasteiger partial charge in [0, 0.05) is 18.0 Å². The first-order valence-corrected chi connectivity index (χ1v) is 4.03. The van der Waals surface area contributed by atoms with Crippen LogP contribution < -0.4 is 5.73 Å². The lowest BCUT2D eigenvalue weighted by Gasteiger charge is -2.07. The van der Waals surface area contributed by atoms with Crippen LogP contribution in [0.15, 0.2) is 30.5 Å². The van der Waals surface area contributed by atoms with Gasteiger partial charge in [-0.3, -0.25) is 0 Å². The van der Waals surface area contributed by atoms with Crippen molar-refractivity contribution in [3.8, 4) is 0 Å². The molecule has 0 unspecified atom stereocenters. The molecule has 1 aromatic heterocycles. The van der Waals surface area contributed by atoms with Gasteiger partial charge in [-0.15, -0.1) is 0 Å². The summed E-state index contributed by atoms with van der Waals surface area (Å²) in [6.07, 6.45) is 10.3. The summed E-state index contributed by atoms with van der Waals surface area (Å²) < 4.78 is 1.83. The zero-order valence-corrected chi connectivity index (χ0v) is 6.77. The second-order valence-electron chi connectivity index (χ2n) is 2.81. The van der Waals surface area contributed by atoms with Crippen molar-refractivity contribution < 1.29 is 0 Å². The molecule has 0 fully saturated rings. The van der Waals surface area contributed by atoms with Gasteiger partial charge in [0.2, 0.25) is 0 Å². The van der Waals surface area contributed by atoms with E-state index >= 15 is 0 Å². The van der Waals surface area contributed by atoms with Crippen LogP contribution in [0, 0.1) is 0 Å². The van der Waals surface area contributed by atoms with Crippen LogP contribution in [0.2, 0.25) is 0 Å². The van der Waals surface area contributed by atoms with Crippen LogP contribution in [0.4, 0.5) is 5.82 Å². The van der Waals surface area contributed by atoms with Crippen molar-refractivity contribution in [1.29, 1.82) is 0 Å². The van der Waals surface area contributed by atoms with Gasteiger partial charge in [-0.1, -0.05) is 12.2 Å². The lowest BCUT2D eigenvalue weighted by atomic mass is 10.1. The molecule has 3 heteroatoms. The van der Waals surface area contributed by atoms with Gasteiger partial charge >= 0.3 is 0 Å². The van der Waals surface area contributed by atoms with E-state index in [0.29, 0.717) is 5.82 Å². The van der Waals surface area contributed by atoms with E-state index in [1.54, 1.807) is 6.07 Å². The second kappa shape index (κ2) is 2.85. The Hall–Kier alpha value is -1.51. The normalized spacial score (nSPS) is 16.2. The zero-order valence-electron chi connectivity index (χ0n) is 6.77. The molecule has 0 amide bonds. The molecule has 0 aliphatic heterocycles. The Bertz CT molecular complexity index is 333. The van der Waals surface area contributed by atoms with Gasteiger partial charge in [0.25, 0.3) is 0 Å². The second-order valence-corrected chi connectivity index (χ2v) is 2.81. The van der Waals surface area contributed by atoms with Gasteiger partial charge in [-0.25, -0.2) is 4.68 Å². The molecule has 2 N–H and O–H groups in total. The van der Waals surface area contributed by atoms with Crippen LogP contribution in [-0.2, 0) is 0 Å². The first-order valence-electron chi connectivity index (χ1n) is 4.03. The smallest absolute Gasteiger partial charge is 0.145 e. The number of aromatic nitrogens is 2. The number of nitrogens with zero attached hydrogens (tertiary/aromatic N) is 2. The topological polar surface area (TPSA) is 43.8 Å².